The van der Waals surface area contributed by atoms with Crippen molar-refractivity contribution >= 4 is 84.3 Å². The van der Waals surface area contributed by atoms with Gasteiger partial charge in [-0.25, -0.2) is 0 Å². The van der Waals surface area contributed by atoms with Gasteiger partial charge in [-0.15, -0.1) is 0 Å². The molecule has 162 valence electrons. The average Bonchev–Trinajstić information content (AvgIpc) is 2.75. The van der Waals surface area contributed by atoms with Crippen molar-refractivity contribution in [2.75, 3.05) is 5.32 Å². The Morgan fingerprint density at radius 1 is 1.00 bits per heavy atom. The predicted octanol–water partition coefficient (Wildman–Crippen LogP) is 8.30. The highest BCUT2D eigenvalue weighted by molar-refractivity contribution is 9.11. The molecule has 0 heterocycles. The van der Waals surface area contributed by atoms with Crippen LogP contribution in [0.25, 0.3) is 6.08 Å². The molecule has 3 aromatic carbocycles. The quantitative estimate of drug-likeness (QED) is 0.224. The van der Waals surface area contributed by atoms with Crippen molar-refractivity contribution in [3.63, 3.8) is 0 Å². The Hall–Kier alpha value is -2.01. The van der Waals surface area contributed by atoms with Crippen molar-refractivity contribution in [2.45, 2.75) is 6.61 Å². The molecule has 0 spiro atoms. The molecule has 3 aromatic rings. The van der Waals surface area contributed by atoms with Gasteiger partial charge in [0.05, 0.1) is 24.7 Å². The number of nitriles is 1. The van der Waals surface area contributed by atoms with Crippen LogP contribution >= 0.6 is 66.7 Å². The minimum atomic E-state index is -0.631. The SMILES string of the molecule is N#C/C(=C\c1cc(Br)c(OCc2ccccc2Cl)c(Br)c1)C(=O)Nc1c(Cl)cccc1Cl. The molecule has 0 aliphatic carbocycles. The normalized spacial score (nSPS) is 11.1. The van der Waals surface area contributed by atoms with E-state index in [0.717, 1.165) is 5.56 Å². The van der Waals surface area contributed by atoms with Crippen LogP contribution in [0.5, 0.6) is 5.75 Å². The zero-order chi connectivity index (χ0) is 23.3. The number of amides is 1. The van der Waals surface area contributed by atoms with Crippen LogP contribution < -0.4 is 10.1 Å². The Bertz CT molecular complexity index is 1210. The maximum atomic E-state index is 12.6. The number of nitrogens with one attached hydrogen (secondary N) is 1. The van der Waals surface area contributed by atoms with E-state index in [1.807, 2.05) is 24.3 Å². The topological polar surface area (TPSA) is 62.1 Å². The van der Waals surface area contributed by atoms with Crippen molar-refractivity contribution in [2.24, 2.45) is 0 Å². The highest BCUT2D eigenvalue weighted by atomic mass is 79.9. The fourth-order valence-corrected chi connectivity index (χ4v) is 4.81. The minimum absolute atomic E-state index is 0.121. The highest BCUT2D eigenvalue weighted by Crippen LogP contribution is 2.36. The summed E-state index contributed by atoms with van der Waals surface area (Å²) in [7, 11) is 0. The van der Waals surface area contributed by atoms with Crippen molar-refractivity contribution in [1.29, 1.82) is 5.26 Å². The van der Waals surface area contributed by atoms with Crippen LogP contribution in [0.15, 0.2) is 69.1 Å². The van der Waals surface area contributed by atoms with Gasteiger partial charge in [0.25, 0.3) is 5.91 Å². The van der Waals surface area contributed by atoms with E-state index in [4.69, 9.17) is 39.5 Å². The van der Waals surface area contributed by atoms with Gasteiger partial charge in [0.1, 0.15) is 24.0 Å². The second-order valence-corrected chi connectivity index (χ2v) is 9.34. The summed E-state index contributed by atoms with van der Waals surface area (Å²) in [6.07, 6.45) is 1.45. The van der Waals surface area contributed by atoms with E-state index in [1.165, 1.54) is 6.08 Å². The van der Waals surface area contributed by atoms with Crippen LogP contribution in [0.1, 0.15) is 11.1 Å². The lowest BCUT2D eigenvalue weighted by Crippen LogP contribution is -2.14. The minimum Gasteiger partial charge on any atom is -0.486 e. The molecule has 1 amide bonds. The van der Waals surface area contributed by atoms with E-state index >= 15 is 0 Å². The zero-order valence-electron chi connectivity index (χ0n) is 16.1. The van der Waals surface area contributed by atoms with Crippen molar-refractivity contribution in [3.05, 3.63) is 95.3 Å². The van der Waals surface area contributed by atoms with E-state index in [0.29, 0.717) is 25.3 Å². The van der Waals surface area contributed by atoms with Gasteiger partial charge in [-0.2, -0.15) is 5.26 Å². The summed E-state index contributed by atoms with van der Waals surface area (Å²) < 4.78 is 7.17. The first kappa shape index (κ1) is 24.6. The number of benzene rings is 3. The second-order valence-electron chi connectivity index (χ2n) is 6.41. The molecule has 0 unspecified atom stereocenters. The summed E-state index contributed by atoms with van der Waals surface area (Å²) >= 11 is 25.3. The monoisotopic (exact) mass is 612 g/mol. The Morgan fingerprint density at radius 3 is 2.19 bits per heavy atom. The standard InChI is InChI=1S/C23H13Br2Cl3N2O2/c24-16-9-13(10-17(25)22(16)32-12-14-4-1-2-5-18(14)26)8-15(11-29)23(31)30-21-19(27)6-3-7-20(21)28/h1-10H,12H2,(H,30,31)/b15-8+. The number of anilines is 1. The van der Waals surface area contributed by atoms with E-state index in [2.05, 4.69) is 37.2 Å². The number of hydrogen-bond acceptors (Lipinski definition) is 3. The van der Waals surface area contributed by atoms with E-state index in [-0.39, 0.29) is 27.9 Å². The van der Waals surface area contributed by atoms with Gasteiger partial charge in [-0.1, -0.05) is 59.1 Å². The molecule has 0 bridgehead atoms. The van der Waals surface area contributed by atoms with Crippen molar-refractivity contribution in [1.82, 2.24) is 0 Å². The Morgan fingerprint density at radius 2 is 1.59 bits per heavy atom. The van der Waals surface area contributed by atoms with Crippen LogP contribution in [0, 0.1) is 11.3 Å². The van der Waals surface area contributed by atoms with Gasteiger partial charge >= 0.3 is 0 Å². The van der Waals surface area contributed by atoms with Gasteiger partial charge in [0.15, 0.2) is 0 Å². The molecule has 0 aliphatic heterocycles. The van der Waals surface area contributed by atoms with Crippen LogP contribution in [-0.4, -0.2) is 5.91 Å². The molecule has 1 N–H and O–H groups in total. The summed E-state index contributed by atoms with van der Waals surface area (Å²) in [5.41, 5.74) is 1.57. The lowest BCUT2D eigenvalue weighted by molar-refractivity contribution is -0.112. The summed E-state index contributed by atoms with van der Waals surface area (Å²) in [6.45, 7) is 0.274. The maximum Gasteiger partial charge on any atom is 0.266 e. The summed E-state index contributed by atoms with van der Waals surface area (Å²) in [5.74, 6) is -0.0679. The van der Waals surface area contributed by atoms with Crippen LogP contribution in [0.2, 0.25) is 15.1 Å². The van der Waals surface area contributed by atoms with Gasteiger partial charge in [-0.05, 0) is 73.8 Å². The Balaban J connectivity index is 1.81. The number of rotatable bonds is 6. The second kappa shape index (κ2) is 11.2. The average molecular weight is 616 g/mol. The molecule has 0 radical (unpaired) electrons. The molecular weight excluding hydrogens is 602 g/mol. The molecule has 3 rings (SSSR count). The molecule has 0 fully saturated rings. The van der Waals surface area contributed by atoms with Crippen molar-refractivity contribution < 1.29 is 9.53 Å². The zero-order valence-corrected chi connectivity index (χ0v) is 21.6. The number of para-hydroxylation sites is 1. The van der Waals surface area contributed by atoms with Crippen LogP contribution in [-0.2, 0) is 11.4 Å². The van der Waals surface area contributed by atoms with Crippen LogP contribution in [0.3, 0.4) is 0 Å². The fraction of sp³-hybridized carbons (Fsp3) is 0.0435. The Labute approximate surface area is 217 Å². The number of halogens is 5. The first-order chi connectivity index (χ1) is 15.3. The molecule has 0 aromatic heterocycles. The van der Waals surface area contributed by atoms with Gasteiger partial charge < -0.3 is 10.1 Å². The highest BCUT2D eigenvalue weighted by Gasteiger charge is 2.15. The Kier molecular flexibility index (Phi) is 8.64. The summed E-state index contributed by atoms with van der Waals surface area (Å²) in [4.78, 5) is 12.6. The number of hydrogen-bond donors (Lipinski definition) is 1. The third kappa shape index (κ3) is 6.06. The lowest BCUT2D eigenvalue weighted by Gasteiger charge is -2.12. The number of ether oxygens (including phenoxy) is 1. The largest absolute Gasteiger partial charge is 0.486 e. The molecule has 0 aliphatic rings. The van der Waals surface area contributed by atoms with Gasteiger partial charge in [0, 0.05) is 10.6 Å². The third-order valence-electron chi connectivity index (χ3n) is 4.23. The third-order valence-corrected chi connectivity index (χ3v) is 6.40. The number of nitrogens with zero attached hydrogens (tertiary/aromatic N) is 1. The van der Waals surface area contributed by atoms with Crippen LogP contribution in [0.4, 0.5) is 5.69 Å². The lowest BCUT2D eigenvalue weighted by atomic mass is 10.1. The van der Waals surface area contributed by atoms with E-state index < -0.39 is 5.91 Å². The number of carbonyl (C=O) groups is 1. The first-order valence-corrected chi connectivity index (χ1v) is 11.7. The summed E-state index contributed by atoms with van der Waals surface area (Å²) in [5, 5.41) is 13.2. The number of carbonyl (C=O) groups excluding carboxylic acids is 1. The maximum absolute atomic E-state index is 12.6. The molecular formula is C23H13Br2Cl3N2O2. The molecule has 32 heavy (non-hydrogen) atoms. The molecule has 0 saturated heterocycles. The molecule has 9 heteroatoms. The molecule has 0 saturated carbocycles. The van der Waals surface area contributed by atoms with Gasteiger partial charge in [-0.3, -0.25) is 4.79 Å². The fourth-order valence-electron chi connectivity index (χ4n) is 2.68. The van der Waals surface area contributed by atoms with Crippen molar-refractivity contribution in [3.8, 4) is 11.8 Å². The molecule has 0 atom stereocenters. The van der Waals surface area contributed by atoms with E-state index in [1.54, 1.807) is 36.4 Å². The summed E-state index contributed by atoms with van der Waals surface area (Å²) in [6, 6.07) is 17.6. The molecule has 4 nitrogen and oxygen atoms in total. The first-order valence-electron chi connectivity index (χ1n) is 9.02. The van der Waals surface area contributed by atoms with Gasteiger partial charge in [0.2, 0.25) is 0 Å². The van der Waals surface area contributed by atoms with E-state index in [9.17, 15) is 10.1 Å². The smallest absolute Gasteiger partial charge is 0.266 e. The predicted molar refractivity (Wildman–Crippen MR) is 136 cm³/mol.